The van der Waals surface area contributed by atoms with Crippen LogP contribution in [0.3, 0.4) is 0 Å². The van der Waals surface area contributed by atoms with Crippen molar-refractivity contribution in [3.05, 3.63) is 303 Å². The number of allylic oxidation sites excluding steroid dienone is 4. The predicted octanol–water partition coefficient (Wildman–Crippen LogP) is 21.5. The quantitative estimate of drug-likeness (QED) is 0.0698. The molecule has 0 amide bonds. The standard InChI is InChI=1S/4C26H30O2/c2*1-17-12-20(27)13-19-8-9-22-23-14-21(28)16-25(23,2)10-11-26(22,24(17)19)15-18-6-4-3-5-7-18;2*1-17-20-8-9-22-23-14-19(27)16-25(23,2)12-13-26(22,21(20)10-11-24(17)28)15-18-6-4-3-5-7-18/h2*3-7,12-13,21,27-28H,8-11,14-16H2,1-2H3;2*3-7,10-11,19,27-28H,8-9,12-16H2,1-2H3/t21-,25-,26+;21-,25-,26-;19-,25-,26+;19-,25-,26-/m1111/s1. The van der Waals surface area contributed by atoms with Gasteiger partial charge in [0.2, 0.25) is 0 Å². The summed E-state index contributed by atoms with van der Waals surface area (Å²) in [5, 5.41) is 83.1. The molecule has 12 aliphatic rings. The van der Waals surface area contributed by atoms with Crippen LogP contribution in [-0.2, 0) is 73.0 Å². The van der Waals surface area contributed by atoms with Gasteiger partial charge in [-0.1, -0.05) is 206 Å². The van der Waals surface area contributed by atoms with Gasteiger partial charge in [-0.25, -0.2) is 0 Å². The van der Waals surface area contributed by atoms with E-state index in [9.17, 15) is 40.9 Å². The molecule has 112 heavy (non-hydrogen) atoms. The van der Waals surface area contributed by atoms with Gasteiger partial charge in [-0.2, -0.15) is 0 Å². The Morgan fingerprint density at radius 1 is 0.295 bits per heavy atom. The van der Waals surface area contributed by atoms with E-state index < -0.39 is 0 Å². The van der Waals surface area contributed by atoms with Crippen molar-refractivity contribution in [3.63, 3.8) is 0 Å². The monoisotopic (exact) mass is 1500 g/mol. The second kappa shape index (κ2) is 28.9. The summed E-state index contributed by atoms with van der Waals surface area (Å²) in [4.78, 5) is 0. The fraction of sp³-hybridized carbons (Fsp3) is 0.462. The second-order valence-corrected chi connectivity index (χ2v) is 38.4. The Morgan fingerprint density at radius 3 is 0.866 bits per heavy atom. The minimum Gasteiger partial charge on any atom is -0.508 e. The van der Waals surface area contributed by atoms with Crippen LogP contribution in [0.15, 0.2) is 214 Å². The number of hydrogen-bond acceptors (Lipinski definition) is 8. The number of hydrogen-bond donors (Lipinski definition) is 8. The highest BCUT2D eigenvalue weighted by Crippen LogP contribution is 2.67. The first-order valence-electron chi connectivity index (χ1n) is 42.8. The van der Waals surface area contributed by atoms with Gasteiger partial charge in [-0.3, -0.25) is 0 Å². The number of aliphatic hydroxyl groups is 4. The van der Waals surface area contributed by atoms with E-state index in [4.69, 9.17) is 0 Å². The van der Waals surface area contributed by atoms with Crippen molar-refractivity contribution >= 4 is 0 Å². The SMILES string of the molecule is Cc1c(O)ccc2c1CCC1=C3C[C@@H](O)C[C@@]3(C)CC[C@@]12Cc1ccccc1.Cc1c(O)ccc2c1CCC1=C3C[C@@H](O)C[C@@]3(C)CC[C@]12Cc1ccccc1.Cc1cc(O)cc2c1[C@@]1(Cc3ccccc3)CC[C@]3(C)C[C@H](O)CC3=C1CC2.Cc1cc(O)cc2c1[C@]1(Cc3ccccc3)CC[C@]3(C)C[C@H](O)CC3=C1CC2. The van der Waals surface area contributed by atoms with Crippen LogP contribution in [0.2, 0.25) is 0 Å². The smallest absolute Gasteiger partial charge is 0.118 e. The highest BCUT2D eigenvalue weighted by Gasteiger charge is 2.58. The van der Waals surface area contributed by atoms with E-state index in [0.29, 0.717) is 23.0 Å². The van der Waals surface area contributed by atoms with Gasteiger partial charge in [0.1, 0.15) is 23.0 Å². The van der Waals surface area contributed by atoms with Gasteiger partial charge in [0, 0.05) is 21.7 Å². The lowest BCUT2D eigenvalue weighted by Crippen LogP contribution is -2.42. The molecule has 0 spiro atoms. The van der Waals surface area contributed by atoms with Crippen molar-refractivity contribution in [2.45, 2.75) is 281 Å². The predicted molar refractivity (Wildman–Crippen MR) is 450 cm³/mol. The van der Waals surface area contributed by atoms with Crippen LogP contribution in [0.1, 0.15) is 245 Å². The molecule has 0 aliphatic heterocycles. The van der Waals surface area contributed by atoms with Gasteiger partial charge in [-0.15, -0.1) is 0 Å². The van der Waals surface area contributed by atoms with Gasteiger partial charge in [0.15, 0.2) is 0 Å². The molecule has 0 radical (unpaired) electrons. The fourth-order valence-electron chi connectivity index (χ4n) is 26.6. The molecule has 0 saturated heterocycles. The number of aryl methyl sites for hydroxylation is 4. The molecule has 0 heterocycles. The molecule has 8 aromatic carbocycles. The average molecular weight is 1500 g/mol. The van der Waals surface area contributed by atoms with Crippen molar-refractivity contribution in [2.24, 2.45) is 21.7 Å². The Bertz CT molecular complexity index is 4790. The molecule has 0 aromatic heterocycles. The number of phenolic OH excluding ortho intramolecular Hbond substituents is 4. The molecule has 0 unspecified atom stereocenters. The highest BCUT2D eigenvalue weighted by molar-refractivity contribution is 5.62. The maximum absolute atomic E-state index is 10.5. The van der Waals surface area contributed by atoms with Gasteiger partial charge < -0.3 is 40.9 Å². The summed E-state index contributed by atoms with van der Waals surface area (Å²) in [6.07, 6.45) is 27.5. The third-order valence-electron chi connectivity index (χ3n) is 31.5. The third kappa shape index (κ3) is 13.0. The van der Waals surface area contributed by atoms with Crippen molar-refractivity contribution in [2.75, 3.05) is 0 Å². The summed E-state index contributed by atoms with van der Waals surface area (Å²) in [7, 11) is 0. The van der Waals surface area contributed by atoms with Crippen LogP contribution >= 0.6 is 0 Å². The molecular weight excluding hydrogens is 1380 g/mol. The minimum atomic E-state index is -0.192. The van der Waals surface area contributed by atoms with Gasteiger partial charge in [0.05, 0.1) is 24.4 Å². The minimum absolute atomic E-state index is 0.00558. The summed E-state index contributed by atoms with van der Waals surface area (Å²) in [5.74, 6) is 1.61. The van der Waals surface area contributed by atoms with Crippen LogP contribution in [-0.4, -0.2) is 65.3 Å². The number of fused-ring (bicyclic) bond motifs is 16. The van der Waals surface area contributed by atoms with E-state index >= 15 is 0 Å². The van der Waals surface area contributed by atoms with E-state index in [1.807, 2.05) is 36.4 Å². The first-order valence-corrected chi connectivity index (χ1v) is 42.8. The molecule has 12 atom stereocenters. The lowest BCUT2D eigenvalue weighted by atomic mass is 9.53. The number of aliphatic hydroxyl groups excluding tert-OH is 4. The van der Waals surface area contributed by atoms with Crippen molar-refractivity contribution in [3.8, 4) is 23.0 Å². The number of rotatable bonds is 8. The maximum Gasteiger partial charge on any atom is 0.118 e. The summed E-state index contributed by atoms with van der Waals surface area (Å²) in [6.45, 7) is 17.9. The van der Waals surface area contributed by atoms with Gasteiger partial charge in [0.25, 0.3) is 0 Å². The zero-order valence-electron chi connectivity index (χ0n) is 67.9. The summed E-state index contributed by atoms with van der Waals surface area (Å²) in [6, 6.07) is 59.5. The molecule has 8 aromatic rings. The molecule has 8 N–H and O–H groups in total. The molecule has 0 bridgehead atoms. The molecule has 584 valence electrons. The lowest BCUT2D eigenvalue weighted by molar-refractivity contribution is 0.155. The van der Waals surface area contributed by atoms with E-state index in [2.05, 4.69) is 189 Å². The van der Waals surface area contributed by atoms with Gasteiger partial charge in [-0.05, 0) is 355 Å². The summed E-state index contributed by atoms with van der Waals surface area (Å²) in [5.41, 5.74) is 34.4. The zero-order valence-corrected chi connectivity index (χ0v) is 67.9. The number of phenols is 4. The summed E-state index contributed by atoms with van der Waals surface area (Å²) < 4.78 is 0. The second-order valence-electron chi connectivity index (χ2n) is 38.4. The van der Waals surface area contributed by atoms with Crippen LogP contribution in [0.5, 0.6) is 23.0 Å². The first kappa shape index (κ1) is 76.4. The fourth-order valence-corrected chi connectivity index (χ4v) is 26.6. The third-order valence-corrected chi connectivity index (χ3v) is 31.5. The van der Waals surface area contributed by atoms with E-state index in [-0.39, 0.29) is 67.7 Å². The number of aromatic hydroxyl groups is 4. The largest absolute Gasteiger partial charge is 0.508 e. The Hall–Kier alpha value is -8.24. The summed E-state index contributed by atoms with van der Waals surface area (Å²) >= 11 is 0. The van der Waals surface area contributed by atoms with Crippen molar-refractivity contribution < 1.29 is 40.9 Å². The molecular formula is C104H120O8. The highest BCUT2D eigenvalue weighted by atomic mass is 16.3. The molecule has 4 fully saturated rings. The molecule has 20 rings (SSSR count). The van der Waals surface area contributed by atoms with E-state index in [1.165, 1.54) is 77.9 Å². The zero-order chi connectivity index (χ0) is 78.1. The Labute approximate surface area is 666 Å². The van der Waals surface area contributed by atoms with Crippen LogP contribution in [0.4, 0.5) is 0 Å². The van der Waals surface area contributed by atoms with Crippen LogP contribution < -0.4 is 0 Å². The van der Waals surface area contributed by atoms with Gasteiger partial charge >= 0.3 is 0 Å². The van der Waals surface area contributed by atoms with Crippen molar-refractivity contribution in [1.29, 1.82) is 0 Å². The average Bonchev–Trinajstić information content (AvgIpc) is 1.67. The van der Waals surface area contributed by atoms with Crippen LogP contribution in [0.25, 0.3) is 0 Å². The Balaban J connectivity index is 0.000000108. The van der Waals surface area contributed by atoms with Crippen molar-refractivity contribution in [1.82, 2.24) is 0 Å². The van der Waals surface area contributed by atoms with E-state index in [1.54, 1.807) is 44.6 Å². The molecule has 8 heteroatoms. The topological polar surface area (TPSA) is 162 Å². The lowest BCUT2D eigenvalue weighted by Gasteiger charge is -2.50. The first-order chi connectivity index (χ1) is 53.7. The normalized spacial score (nSPS) is 31.3. The molecule has 8 nitrogen and oxygen atoms in total. The Kier molecular flexibility index (Phi) is 19.7. The maximum atomic E-state index is 10.5. The van der Waals surface area contributed by atoms with Crippen LogP contribution in [0, 0.1) is 49.4 Å². The number of benzene rings is 8. The Morgan fingerprint density at radius 2 is 0.562 bits per heavy atom. The van der Waals surface area contributed by atoms with E-state index in [0.717, 1.165) is 191 Å². The molecule has 4 saturated carbocycles. The molecule has 12 aliphatic carbocycles.